The first kappa shape index (κ1) is 8.46. The molecule has 0 aromatic heterocycles. The number of halogens is 3. The lowest BCUT2D eigenvalue weighted by Gasteiger charge is -2.02. The van der Waals surface area contributed by atoms with E-state index in [0.717, 1.165) is 12.1 Å². The van der Waals surface area contributed by atoms with E-state index in [2.05, 4.69) is 20.7 Å². The molecule has 0 unspecified atom stereocenters. The van der Waals surface area contributed by atoms with Crippen LogP contribution in [0.5, 0.6) is 5.75 Å². The molecule has 0 atom stereocenters. The average Bonchev–Trinajstić information content (AvgIpc) is 1.96. The zero-order valence-corrected chi connectivity index (χ0v) is 7.28. The van der Waals surface area contributed by atoms with Crippen LogP contribution in [0.2, 0.25) is 0 Å². The summed E-state index contributed by atoms with van der Waals surface area (Å²) in [5, 5.41) is 0. The Bertz CT molecular complexity index is 275. The smallest absolute Gasteiger partial charge is 0.144 e. The fourth-order valence-corrected chi connectivity index (χ4v) is 1.07. The van der Waals surface area contributed by atoms with Crippen molar-refractivity contribution in [1.82, 2.24) is 0 Å². The van der Waals surface area contributed by atoms with Crippen LogP contribution in [0.15, 0.2) is 16.6 Å². The molecule has 1 nitrogen and oxygen atoms in total. The van der Waals surface area contributed by atoms with Gasteiger partial charge in [-0.25, -0.2) is 8.78 Å². The van der Waals surface area contributed by atoms with Crippen molar-refractivity contribution in [2.45, 2.75) is 0 Å². The van der Waals surface area contributed by atoms with Crippen molar-refractivity contribution in [2.75, 3.05) is 7.11 Å². The van der Waals surface area contributed by atoms with E-state index in [0.29, 0.717) is 0 Å². The molecule has 0 aliphatic heterocycles. The van der Waals surface area contributed by atoms with Crippen LogP contribution in [0.25, 0.3) is 0 Å². The van der Waals surface area contributed by atoms with Crippen LogP contribution in [0, 0.1) is 11.6 Å². The molecule has 0 saturated carbocycles. The van der Waals surface area contributed by atoms with Gasteiger partial charge in [0.05, 0.1) is 11.6 Å². The Balaban J connectivity index is 3.24. The van der Waals surface area contributed by atoms with Gasteiger partial charge in [0.25, 0.3) is 0 Å². The van der Waals surface area contributed by atoms with Gasteiger partial charge in [-0.3, -0.25) is 0 Å². The minimum atomic E-state index is -0.665. The van der Waals surface area contributed by atoms with Gasteiger partial charge in [0.1, 0.15) is 17.4 Å². The monoisotopic (exact) mass is 222 g/mol. The molecule has 0 aliphatic carbocycles. The molecule has 0 saturated heterocycles. The van der Waals surface area contributed by atoms with Gasteiger partial charge in [-0.05, 0) is 15.9 Å². The van der Waals surface area contributed by atoms with Crippen LogP contribution in [-0.4, -0.2) is 7.11 Å². The van der Waals surface area contributed by atoms with E-state index in [-0.39, 0.29) is 10.2 Å². The van der Waals surface area contributed by atoms with E-state index in [1.807, 2.05) is 0 Å². The Labute approximate surface area is 71.1 Å². The molecule has 1 aromatic rings. The van der Waals surface area contributed by atoms with Crippen LogP contribution in [0.3, 0.4) is 0 Å². The fraction of sp³-hybridized carbons (Fsp3) is 0.143. The second kappa shape index (κ2) is 3.17. The highest BCUT2D eigenvalue weighted by atomic mass is 79.9. The van der Waals surface area contributed by atoms with Crippen LogP contribution in [0.1, 0.15) is 0 Å². The Morgan fingerprint density at radius 2 is 2.00 bits per heavy atom. The van der Waals surface area contributed by atoms with Crippen LogP contribution < -0.4 is 4.74 Å². The van der Waals surface area contributed by atoms with Gasteiger partial charge in [-0.2, -0.15) is 0 Å². The summed E-state index contributed by atoms with van der Waals surface area (Å²) in [4.78, 5) is 0. The van der Waals surface area contributed by atoms with Crippen LogP contribution in [0.4, 0.5) is 8.78 Å². The van der Waals surface area contributed by atoms with E-state index >= 15 is 0 Å². The van der Waals surface area contributed by atoms with Crippen LogP contribution in [-0.2, 0) is 0 Å². The number of rotatable bonds is 1. The molecule has 0 N–H and O–H groups in total. The molecule has 0 amide bonds. The first-order valence-electron chi connectivity index (χ1n) is 2.83. The summed E-state index contributed by atoms with van der Waals surface area (Å²) >= 11 is 2.91. The Kier molecular flexibility index (Phi) is 2.44. The van der Waals surface area contributed by atoms with E-state index in [9.17, 15) is 8.78 Å². The normalized spacial score (nSPS) is 9.82. The van der Waals surface area contributed by atoms with E-state index < -0.39 is 11.6 Å². The van der Waals surface area contributed by atoms with Gasteiger partial charge in [-0.15, -0.1) is 0 Å². The third kappa shape index (κ3) is 1.68. The summed E-state index contributed by atoms with van der Waals surface area (Å²) in [6.45, 7) is 0. The summed E-state index contributed by atoms with van der Waals surface area (Å²) in [5.41, 5.74) is 0. The molecule has 0 spiro atoms. The second-order valence-corrected chi connectivity index (χ2v) is 2.70. The summed E-state index contributed by atoms with van der Waals surface area (Å²) in [7, 11) is 1.35. The standard InChI is InChI=1S/C7H5BrF2O/c1-11-6-3-4(9)2-5(10)7(6)8/h2-3H,1H3. The van der Waals surface area contributed by atoms with Crippen molar-refractivity contribution in [1.29, 1.82) is 0 Å². The Hall–Kier alpha value is -0.640. The van der Waals surface area contributed by atoms with Crippen molar-refractivity contribution >= 4 is 15.9 Å². The van der Waals surface area contributed by atoms with Crippen molar-refractivity contribution < 1.29 is 13.5 Å². The zero-order chi connectivity index (χ0) is 8.43. The van der Waals surface area contributed by atoms with Gasteiger partial charge >= 0.3 is 0 Å². The molecule has 0 fully saturated rings. The van der Waals surface area contributed by atoms with Gasteiger partial charge < -0.3 is 4.74 Å². The summed E-state index contributed by atoms with van der Waals surface area (Å²) in [6.07, 6.45) is 0. The molecule has 60 valence electrons. The number of ether oxygens (including phenoxy) is 1. The van der Waals surface area contributed by atoms with E-state index in [1.165, 1.54) is 7.11 Å². The van der Waals surface area contributed by atoms with Gasteiger partial charge in [0, 0.05) is 12.1 Å². The van der Waals surface area contributed by atoms with Crippen molar-refractivity contribution in [3.05, 3.63) is 28.2 Å². The summed E-state index contributed by atoms with van der Waals surface area (Å²) in [6, 6.07) is 1.89. The Morgan fingerprint density at radius 1 is 1.36 bits per heavy atom. The molecule has 0 heterocycles. The van der Waals surface area contributed by atoms with Crippen molar-refractivity contribution in [3.8, 4) is 5.75 Å². The average molecular weight is 223 g/mol. The maximum atomic E-state index is 12.7. The van der Waals surface area contributed by atoms with Gasteiger partial charge in [-0.1, -0.05) is 0 Å². The number of methoxy groups -OCH3 is 1. The number of benzene rings is 1. The highest BCUT2D eigenvalue weighted by molar-refractivity contribution is 9.10. The first-order valence-corrected chi connectivity index (χ1v) is 3.63. The molecule has 0 aliphatic rings. The highest BCUT2D eigenvalue weighted by Crippen LogP contribution is 2.28. The van der Waals surface area contributed by atoms with Crippen molar-refractivity contribution in [3.63, 3.8) is 0 Å². The van der Waals surface area contributed by atoms with E-state index in [4.69, 9.17) is 0 Å². The highest BCUT2D eigenvalue weighted by Gasteiger charge is 2.07. The summed E-state index contributed by atoms with van der Waals surface area (Å²) < 4.78 is 29.9. The molecule has 1 rings (SSSR count). The maximum absolute atomic E-state index is 12.7. The number of hydrogen-bond acceptors (Lipinski definition) is 1. The van der Waals surface area contributed by atoms with E-state index in [1.54, 1.807) is 0 Å². The van der Waals surface area contributed by atoms with Crippen molar-refractivity contribution in [2.24, 2.45) is 0 Å². The minimum Gasteiger partial charge on any atom is -0.495 e. The SMILES string of the molecule is COc1cc(F)cc(F)c1Br. The summed E-state index contributed by atoms with van der Waals surface area (Å²) in [5.74, 6) is -1.16. The van der Waals surface area contributed by atoms with Crippen LogP contribution >= 0.6 is 15.9 Å². The largest absolute Gasteiger partial charge is 0.495 e. The predicted molar refractivity (Wildman–Crippen MR) is 40.6 cm³/mol. The molecular weight excluding hydrogens is 218 g/mol. The number of hydrogen-bond donors (Lipinski definition) is 0. The Morgan fingerprint density at radius 3 is 2.55 bits per heavy atom. The molecule has 0 radical (unpaired) electrons. The molecule has 11 heavy (non-hydrogen) atoms. The maximum Gasteiger partial charge on any atom is 0.144 e. The molecular formula is C7H5BrF2O. The lowest BCUT2D eigenvalue weighted by Crippen LogP contribution is -1.89. The molecule has 1 aromatic carbocycles. The molecule has 0 bridgehead atoms. The quantitative estimate of drug-likeness (QED) is 0.665. The lowest BCUT2D eigenvalue weighted by atomic mass is 10.3. The topological polar surface area (TPSA) is 9.23 Å². The zero-order valence-electron chi connectivity index (χ0n) is 5.70. The second-order valence-electron chi connectivity index (χ2n) is 1.90. The third-order valence-corrected chi connectivity index (χ3v) is 1.95. The fourth-order valence-electron chi connectivity index (χ4n) is 0.681. The third-order valence-electron chi connectivity index (χ3n) is 1.18. The first-order chi connectivity index (χ1) is 5.15. The lowest BCUT2D eigenvalue weighted by molar-refractivity contribution is 0.403. The van der Waals surface area contributed by atoms with Gasteiger partial charge in [0.15, 0.2) is 0 Å². The van der Waals surface area contributed by atoms with Gasteiger partial charge in [0.2, 0.25) is 0 Å². The minimum absolute atomic E-state index is 0.140. The predicted octanol–water partition coefficient (Wildman–Crippen LogP) is 2.74. The molecule has 4 heteroatoms.